The number of halogens is 3. The van der Waals surface area contributed by atoms with E-state index < -0.39 is 30.3 Å². The topological polar surface area (TPSA) is 78.9 Å². The third-order valence-electron chi connectivity index (χ3n) is 5.01. The van der Waals surface area contributed by atoms with Gasteiger partial charge in [0.1, 0.15) is 11.9 Å². The second kappa shape index (κ2) is 8.16. The summed E-state index contributed by atoms with van der Waals surface area (Å²) in [5.41, 5.74) is 0.860. The van der Waals surface area contributed by atoms with E-state index >= 15 is 0 Å². The van der Waals surface area contributed by atoms with Crippen LogP contribution in [0.5, 0.6) is 0 Å². The summed E-state index contributed by atoms with van der Waals surface area (Å²) in [5, 5.41) is 11.6. The Labute approximate surface area is 154 Å². The Balaban J connectivity index is 1.63. The van der Waals surface area contributed by atoms with E-state index in [0.717, 1.165) is 0 Å². The highest BCUT2D eigenvalue weighted by molar-refractivity contribution is 5.90. The largest absolute Gasteiger partial charge is 0.442 e. The fraction of sp³-hybridized carbons (Fsp3) is 0.556. The predicted molar refractivity (Wildman–Crippen MR) is 90.2 cm³/mol. The van der Waals surface area contributed by atoms with Crippen LogP contribution in [-0.2, 0) is 9.53 Å². The number of cyclic esters (lactones) is 1. The summed E-state index contributed by atoms with van der Waals surface area (Å²) >= 11 is 0. The summed E-state index contributed by atoms with van der Waals surface area (Å²) in [6.07, 6.45) is -2.30. The minimum atomic E-state index is -3.14. The summed E-state index contributed by atoms with van der Waals surface area (Å²) in [5.74, 6) is -1.83. The number of ether oxygens (including phenoxy) is 1. The maximum Gasteiger partial charge on any atom is 0.414 e. The van der Waals surface area contributed by atoms with Gasteiger partial charge in [-0.2, -0.15) is 8.78 Å². The molecule has 2 N–H and O–H groups in total. The van der Waals surface area contributed by atoms with Gasteiger partial charge in [-0.1, -0.05) is 6.07 Å². The summed E-state index contributed by atoms with van der Waals surface area (Å²) in [4.78, 5) is 24.1. The standard InChI is InChI=1S/C18H21F3N2O4/c19-15-7-11(3-6-14(15)10-1-4-12(24)5-2-10)23-9-13(27-18(23)26)8-22-17(25)16(20)21/h3,6-7,10,12-13,16,24H,1-2,4-5,8-9H2,(H,22,25)/t10?,12?,13-/m0/s1. The molecule has 0 bridgehead atoms. The zero-order valence-corrected chi connectivity index (χ0v) is 14.5. The van der Waals surface area contributed by atoms with Gasteiger partial charge in [-0.15, -0.1) is 0 Å². The van der Waals surface area contributed by atoms with Gasteiger partial charge in [0.05, 0.1) is 24.9 Å². The van der Waals surface area contributed by atoms with Crippen molar-refractivity contribution in [1.29, 1.82) is 0 Å². The molecule has 0 radical (unpaired) electrons. The Bertz CT molecular complexity index is 708. The van der Waals surface area contributed by atoms with Gasteiger partial charge in [-0.05, 0) is 49.3 Å². The van der Waals surface area contributed by atoms with Crippen molar-refractivity contribution in [2.45, 2.75) is 50.2 Å². The first-order valence-corrected chi connectivity index (χ1v) is 8.86. The number of hydrogen-bond donors (Lipinski definition) is 2. The minimum Gasteiger partial charge on any atom is -0.442 e. The molecule has 1 aliphatic carbocycles. The lowest BCUT2D eigenvalue weighted by atomic mass is 9.82. The van der Waals surface area contributed by atoms with Gasteiger partial charge in [0.2, 0.25) is 0 Å². The molecule has 2 amide bonds. The van der Waals surface area contributed by atoms with E-state index in [9.17, 15) is 27.9 Å². The van der Waals surface area contributed by atoms with E-state index in [-0.39, 0.29) is 25.1 Å². The molecule has 27 heavy (non-hydrogen) atoms. The predicted octanol–water partition coefficient (Wildman–Crippen LogP) is 2.55. The van der Waals surface area contributed by atoms with Crippen molar-refractivity contribution < 1.29 is 32.6 Å². The Morgan fingerprint density at radius 2 is 2.00 bits per heavy atom. The normalized spacial score (nSPS) is 25.6. The smallest absolute Gasteiger partial charge is 0.414 e. The van der Waals surface area contributed by atoms with Crippen LogP contribution in [0.15, 0.2) is 18.2 Å². The average Bonchev–Trinajstić information content (AvgIpc) is 3.01. The molecule has 1 atom stereocenters. The number of benzene rings is 1. The molecule has 148 valence electrons. The van der Waals surface area contributed by atoms with Crippen LogP contribution in [0.3, 0.4) is 0 Å². The Kier molecular flexibility index (Phi) is 5.88. The first-order chi connectivity index (χ1) is 12.8. The lowest BCUT2D eigenvalue weighted by Gasteiger charge is -2.26. The van der Waals surface area contributed by atoms with E-state index in [0.29, 0.717) is 36.9 Å². The van der Waals surface area contributed by atoms with Crippen molar-refractivity contribution in [3.8, 4) is 0 Å². The number of aliphatic hydroxyl groups is 1. The lowest BCUT2D eigenvalue weighted by Crippen LogP contribution is -2.37. The van der Waals surface area contributed by atoms with Crippen LogP contribution in [-0.4, -0.2) is 48.8 Å². The monoisotopic (exact) mass is 386 g/mol. The van der Waals surface area contributed by atoms with Crippen molar-refractivity contribution in [2.75, 3.05) is 18.0 Å². The number of hydrogen-bond acceptors (Lipinski definition) is 4. The number of amides is 2. The first kappa shape index (κ1) is 19.5. The highest BCUT2D eigenvalue weighted by atomic mass is 19.3. The molecule has 2 fully saturated rings. The summed E-state index contributed by atoms with van der Waals surface area (Å²) in [6, 6.07) is 4.50. The van der Waals surface area contributed by atoms with Gasteiger partial charge in [-0.25, -0.2) is 9.18 Å². The second-order valence-corrected chi connectivity index (χ2v) is 6.87. The van der Waals surface area contributed by atoms with Gasteiger partial charge >= 0.3 is 12.5 Å². The van der Waals surface area contributed by atoms with E-state index in [4.69, 9.17) is 4.74 Å². The number of alkyl halides is 2. The van der Waals surface area contributed by atoms with E-state index in [2.05, 4.69) is 0 Å². The third kappa shape index (κ3) is 4.52. The minimum absolute atomic E-state index is 0.0246. The van der Waals surface area contributed by atoms with Crippen LogP contribution < -0.4 is 10.2 Å². The molecule has 6 nitrogen and oxygen atoms in total. The molecular weight excluding hydrogens is 365 g/mol. The van der Waals surface area contributed by atoms with Crippen molar-refractivity contribution in [1.82, 2.24) is 5.32 Å². The highest BCUT2D eigenvalue weighted by Crippen LogP contribution is 2.35. The average molecular weight is 386 g/mol. The lowest BCUT2D eigenvalue weighted by molar-refractivity contribution is -0.132. The van der Waals surface area contributed by atoms with E-state index in [1.54, 1.807) is 12.1 Å². The number of aliphatic hydroxyl groups excluding tert-OH is 1. The first-order valence-electron chi connectivity index (χ1n) is 8.86. The van der Waals surface area contributed by atoms with Crippen LogP contribution in [0, 0.1) is 5.82 Å². The molecule has 1 aromatic rings. The molecule has 1 heterocycles. The quantitative estimate of drug-likeness (QED) is 0.815. The second-order valence-electron chi connectivity index (χ2n) is 6.87. The van der Waals surface area contributed by atoms with Gasteiger partial charge in [0.15, 0.2) is 0 Å². The molecule has 1 aliphatic heterocycles. The van der Waals surface area contributed by atoms with Crippen molar-refractivity contribution >= 4 is 17.7 Å². The fourth-order valence-corrected chi connectivity index (χ4v) is 3.53. The Morgan fingerprint density at radius 1 is 1.30 bits per heavy atom. The maximum absolute atomic E-state index is 14.6. The zero-order valence-electron chi connectivity index (χ0n) is 14.5. The molecule has 3 rings (SSSR count). The number of carbonyl (C=O) groups excluding carboxylic acids is 2. The van der Waals surface area contributed by atoms with E-state index in [1.807, 2.05) is 5.32 Å². The zero-order chi connectivity index (χ0) is 19.6. The molecule has 1 saturated heterocycles. The molecule has 1 saturated carbocycles. The van der Waals surface area contributed by atoms with Crippen LogP contribution in [0.2, 0.25) is 0 Å². The van der Waals surface area contributed by atoms with E-state index in [1.165, 1.54) is 11.0 Å². The molecule has 0 aromatic heterocycles. The van der Waals surface area contributed by atoms with Crippen molar-refractivity contribution in [2.24, 2.45) is 0 Å². The number of rotatable bonds is 5. The summed E-state index contributed by atoms with van der Waals surface area (Å²) < 4.78 is 44.0. The van der Waals surface area contributed by atoms with Crippen LogP contribution in [0.25, 0.3) is 0 Å². The van der Waals surface area contributed by atoms with Crippen LogP contribution >= 0.6 is 0 Å². The molecule has 0 spiro atoms. The molecule has 2 aliphatic rings. The highest BCUT2D eigenvalue weighted by Gasteiger charge is 2.34. The third-order valence-corrected chi connectivity index (χ3v) is 5.01. The maximum atomic E-state index is 14.6. The van der Waals surface area contributed by atoms with Gasteiger partial charge < -0.3 is 15.2 Å². The fourth-order valence-electron chi connectivity index (χ4n) is 3.53. The molecular formula is C18H21F3N2O4. The van der Waals surface area contributed by atoms with Gasteiger partial charge in [0, 0.05) is 0 Å². The number of nitrogens with one attached hydrogen (secondary N) is 1. The summed E-state index contributed by atoms with van der Waals surface area (Å²) in [7, 11) is 0. The number of anilines is 1. The molecule has 0 unspecified atom stereocenters. The summed E-state index contributed by atoms with van der Waals surface area (Å²) in [6.45, 7) is -0.215. The SMILES string of the molecule is O=C(NC[C@H]1CN(c2ccc(C3CCC(O)CC3)c(F)c2)C(=O)O1)C(F)F. The van der Waals surface area contributed by atoms with Crippen molar-refractivity contribution in [3.63, 3.8) is 0 Å². The van der Waals surface area contributed by atoms with Gasteiger partial charge in [0.25, 0.3) is 5.91 Å². The van der Waals surface area contributed by atoms with Crippen molar-refractivity contribution in [3.05, 3.63) is 29.6 Å². The van der Waals surface area contributed by atoms with Gasteiger partial charge in [-0.3, -0.25) is 9.69 Å². The Hall–Kier alpha value is -2.29. The number of carbonyl (C=O) groups is 2. The van der Waals surface area contributed by atoms with Crippen LogP contribution in [0.1, 0.15) is 37.2 Å². The van der Waals surface area contributed by atoms with Crippen LogP contribution in [0.4, 0.5) is 23.7 Å². The Morgan fingerprint density at radius 3 is 2.63 bits per heavy atom. The molecule has 1 aromatic carbocycles. The number of nitrogens with zero attached hydrogens (tertiary/aromatic N) is 1. The molecule has 9 heteroatoms.